The number of nitroso groups, excluding NO2 is 1. The third kappa shape index (κ3) is 4.78. The Morgan fingerprint density at radius 3 is 2.63 bits per heavy atom. The van der Waals surface area contributed by atoms with Crippen LogP contribution in [0.15, 0.2) is 71.7 Å². The lowest BCUT2D eigenvalue weighted by molar-refractivity contribution is -0.131. The number of rotatable bonds is 6. The summed E-state index contributed by atoms with van der Waals surface area (Å²) in [5.74, 6) is 0.176. The van der Waals surface area contributed by atoms with Crippen molar-refractivity contribution in [3.8, 4) is 0 Å². The van der Waals surface area contributed by atoms with Crippen molar-refractivity contribution >= 4 is 5.91 Å². The topological polar surface area (TPSA) is 73.2 Å². The molecule has 1 aliphatic carbocycles. The first kappa shape index (κ1) is 19.2. The minimum Gasteiger partial charge on any atom is -0.382 e. The van der Waals surface area contributed by atoms with Gasteiger partial charge in [-0.3, -0.25) is 9.69 Å². The van der Waals surface area contributed by atoms with Crippen LogP contribution < -0.4 is 0 Å². The number of benzene rings is 1. The minimum atomic E-state index is -1.09. The molecule has 6 nitrogen and oxygen atoms in total. The number of hydrogen-bond acceptors (Lipinski definition) is 5. The van der Waals surface area contributed by atoms with Crippen LogP contribution in [0.3, 0.4) is 0 Å². The van der Waals surface area contributed by atoms with E-state index < -0.39 is 12.0 Å². The zero-order valence-corrected chi connectivity index (χ0v) is 15.3. The molecule has 1 aromatic carbocycles. The third-order valence-corrected chi connectivity index (χ3v) is 5.20. The molecule has 3 rings (SSSR count). The third-order valence-electron chi connectivity index (χ3n) is 5.20. The number of aliphatic hydroxyl groups excluding tert-OH is 1. The molecule has 1 saturated heterocycles. The van der Waals surface area contributed by atoms with E-state index in [0.29, 0.717) is 11.5 Å². The van der Waals surface area contributed by atoms with Crippen LogP contribution in [0.1, 0.15) is 18.4 Å². The number of aliphatic hydroxyl groups is 1. The molecule has 0 bridgehead atoms. The second-order valence-corrected chi connectivity index (χ2v) is 7.12. The summed E-state index contributed by atoms with van der Waals surface area (Å²) in [5, 5.41) is 13.7. The van der Waals surface area contributed by atoms with Crippen LogP contribution >= 0.6 is 0 Å². The number of amides is 1. The zero-order valence-electron chi connectivity index (χ0n) is 15.3. The number of nitrogens with zero attached hydrogens (tertiary/aromatic N) is 3. The van der Waals surface area contributed by atoms with Crippen LogP contribution in [-0.2, 0) is 11.2 Å². The average Bonchev–Trinajstić information content (AvgIpc) is 2.68. The zero-order chi connectivity index (χ0) is 19.2. The molecular formula is C21H25N3O3. The van der Waals surface area contributed by atoms with E-state index in [-0.39, 0.29) is 12.2 Å². The molecule has 1 fully saturated rings. The fraction of sp³-hybridized carbons (Fsp3) is 0.381. The Hall–Kier alpha value is -2.57. The molecule has 1 N–H and O–H groups in total. The van der Waals surface area contributed by atoms with Gasteiger partial charge in [-0.1, -0.05) is 49.1 Å². The first-order valence-corrected chi connectivity index (χ1v) is 9.26. The van der Waals surface area contributed by atoms with Gasteiger partial charge in [-0.25, -0.2) is 0 Å². The van der Waals surface area contributed by atoms with Gasteiger partial charge < -0.3 is 5.11 Å². The van der Waals surface area contributed by atoms with Crippen molar-refractivity contribution in [2.75, 3.05) is 19.6 Å². The molecule has 1 amide bonds. The Morgan fingerprint density at radius 2 is 1.96 bits per heavy atom. The fourth-order valence-electron chi connectivity index (χ4n) is 3.62. The number of allylic oxidation sites excluding steroid dienone is 2. The van der Waals surface area contributed by atoms with E-state index in [1.807, 2.05) is 11.0 Å². The first-order chi connectivity index (χ1) is 13.1. The molecule has 2 aliphatic rings. The van der Waals surface area contributed by atoms with Gasteiger partial charge in [0.15, 0.2) is 0 Å². The second kappa shape index (κ2) is 8.88. The molecule has 0 aromatic heterocycles. The number of carbonyl (C=O) groups excluding carboxylic acids is 1. The van der Waals surface area contributed by atoms with Gasteiger partial charge >= 0.3 is 0 Å². The molecular weight excluding hydrogens is 342 g/mol. The van der Waals surface area contributed by atoms with Crippen molar-refractivity contribution in [1.29, 1.82) is 0 Å². The van der Waals surface area contributed by atoms with Gasteiger partial charge in [0.25, 0.3) is 5.91 Å². The van der Waals surface area contributed by atoms with Crippen molar-refractivity contribution in [2.24, 2.45) is 11.2 Å². The summed E-state index contributed by atoms with van der Waals surface area (Å²) in [4.78, 5) is 25.8. The van der Waals surface area contributed by atoms with E-state index in [0.717, 1.165) is 37.4 Å². The van der Waals surface area contributed by atoms with Gasteiger partial charge in [0.2, 0.25) is 0 Å². The molecule has 0 saturated carbocycles. The molecule has 1 aliphatic heterocycles. The lowest BCUT2D eigenvalue weighted by Gasteiger charge is -2.32. The van der Waals surface area contributed by atoms with Crippen LogP contribution in [0, 0.1) is 10.8 Å². The average molecular weight is 367 g/mol. The van der Waals surface area contributed by atoms with Gasteiger partial charge in [0.05, 0.1) is 17.5 Å². The van der Waals surface area contributed by atoms with Crippen LogP contribution in [0.2, 0.25) is 0 Å². The standard InChI is InChI=1S/C21H25N3O3/c1-16-6-5-9-19(21(16)26)24(22-27)20(25)15-23-12-10-18(11-13-23)14-17-7-3-2-4-8-17/h2-9,18,21,26H,1,10-15H2. The highest BCUT2D eigenvalue weighted by atomic mass is 16.3. The monoisotopic (exact) mass is 367 g/mol. The van der Waals surface area contributed by atoms with Crippen LogP contribution in [0.25, 0.3) is 0 Å². The maximum atomic E-state index is 12.6. The molecule has 1 atom stereocenters. The number of likely N-dealkylation sites (tertiary alicyclic amines) is 1. The van der Waals surface area contributed by atoms with Crippen molar-refractivity contribution in [3.05, 3.63) is 76.9 Å². The normalized spacial score (nSPS) is 21.0. The SMILES string of the molecule is C=C1C=CC=C(N(N=O)C(=O)CN2CCC(Cc3ccccc3)CC2)C1O. The molecule has 27 heavy (non-hydrogen) atoms. The van der Waals surface area contributed by atoms with E-state index in [9.17, 15) is 14.8 Å². The summed E-state index contributed by atoms with van der Waals surface area (Å²) in [7, 11) is 0. The highest BCUT2D eigenvalue weighted by Gasteiger charge is 2.29. The molecule has 6 heteroatoms. The Bertz CT molecular complexity index is 749. The largest absolute Gasteiger partial charge is 0.382 e. The highest BCUT2D eigenvalue weighted by Crippen LogP contribution is 2.24. The Labute approximate surface area is 159 Å². The van der Waals surface area contributed by atoms with Crippen LogP contribution in [-0.4, -0.2) is 46.7 Å². The van der Waals surface area contributed by atoms with E-state index in [4.69, 9.17) is 0 Å². The van der Waals surface area contributed by atoms with Crippen molar-refractivity contribution in [1.82, 2.24) is 9.91 Å². The molecule has 1 heterocycles. The second-order valence-electron chi connectivity index (χ2n) is 7.12. The van der Waals surface area contributed by atoms with Crippen molar-refractivity contribution in [3.63, 3.8) is 0 Å². The van der Waals surface area contributed by atoms with E-state index >= 15 is 0 Å². The van der Waals surface area contributed by atoms with Crippen LogP contribution in [0.4, 0.5) is 0 Å². The van der Waals surface area contributed by atoms with Gasteiger partial charge in [0, 0.05) is 0 Å². The summed E-state index contributed by atoms with van der Waals surface area (Å²) in [6, 6.07) is 10.4. The minimum absolute atomic E-state index is 0.115. The molecule has 0 spiro atoms. The summed E-state index contributed by atoms with van der Waals surface area (Å²) >= 11 is 0. The van der Waals surface area contributed by atoms with Gasteiger partial charge in [-0.2, -0.15) is 5.01 Å². The van der Waals surface area contributed by atoms with Gasteiger partial charge in [0.1, 0.15) is 6.10 Å². The fourth-order valence-corrected chi connectivity index (χ4v) is 3.62. The number of carbonyl (C=O) groups is 1. The summed E-state index contributed by atoms with van der Waals surface area (Å²) < 4.78 is 0. The summed E-state index contributed by atoms with van der Waals surface area (Å²) in [5.41, 5.74) is 1.92. The smallest absolute Gasteiger partial charge is 0.263 e. The number of hydrogen-bond donors (Lipinski definition) is 1. The van der Waals surface area contributed by atoms with Crippen molar-refractivity contribution in [2.45, 2.75) is 25.4 Å². The molecule has 1 unspecified atom stereocenters. The lowest BCUT2D eigenvalue weighted by Crippen LogP contribution is -2.43. The predicted octanol–water partition coefficient (Wildman–Crippen LogP) is 2.82. The van der Waals surface area contributed by atoms with Crippen LogP contribution in [0.5, 0.6) is 0 Å². The van der Waals surface area contributed by atoms with Crippen molar-refractivity contribution < 1.29 is 9.90 Å². The lowest BCUT2D eigenvalue weighted by atomic mass is 9.90. The quantitative estimate of drug-likeness (QED) is 0.620. The first-order valence-electron chi connectivity index (χ1n) is 9.26. The molecule has 0 radical (unpaired) electrons. The van der Waals surface area contributed by atoms with E-state index in [2.05, 4.69) is 36.1 Å². The summed E-state index contributed by atoms with van der Waals surface area (Å²) in [6.45, 7) is 5.44. The summed E-state index contributed by atoms with van der Waals surface area (Å²) in [6.07, 6.45) is 6.80. The number of piperidine rings is 1. The van der Waals surface area contributed by atoms with E-state index in [1.54, 1.807) is 12.2 Å². The molecule has 142 valence electrons. The van der Waals surface area contributed by atoms with E-state index in [1.165, 1.54) is 11.6 Å². The van der Waals surface area contributed by atoms with Gasteiger partial charge in [-0.05, 0) is 55.5 Å². The maximum Gasteiger partial charge on any atom is 0.263 e. The highest BCUT2D eigenvalue weighted by molar-refractivity contribution is 5.80. The van der Waals surface area contributed by atoms with Gasteiger partial charge in [-0.15, -0.1) is 4.91 Å². The molecule has 1 aromatic rings. The maximum absolute atomic E-state index is 12.6. The Balaban J connectivity index is 1.52. The Kier molecular flexibility index (Phi) is 6.32. The predicted molar refractivity (Wildman–Crippen MR) is 104 cm³/mol. The Morgan fingerprint density at radius 1 is 1.26 bits per heavy atom.